The number of carbonyl (C=O) groups is 1. The highest BCUT2D eigenvalue weighted by Crippen LogP contribution is 2.26. The minimum atomic E-state index is -0.148. The van der Waals surface area contributed by atoms with Crippen molar-refractivity contribution in [1.82, 2.24) is 19.7 Å². The van der Waals surface area contributed by atoms with Crippen LogP contribution in [0.15, 0.2) is 48.9 Å². The van der Waals surface area contributed by atoms with Crippen molar-refractivity contribution in [1.29, 1.82) is 0 Å². The van der Waals surface area contributed by atoms with Crippen LogP contribution < -0.4 is 10.2 Å². The van der Waals surface area contributed by atoms with Gasteiger partial charge in [0, 0.05) is 31.9 Å². The topological polar surface area (TPSA) is 75.9 Å². The van der Waals surface area contributed by atoms with E-state index in [2.05, 4.69) is 33.5 Å². The lowest BCUT2D eigenvalue weighted by Crippen LogP contribution is -2.33. The molecule has 0 bridgehead atoms. The maximum Gasteiger partial charge on any atom is 0.327 e. The number of carbonyl (C=O) groups excluding carboxylic acids is 1. The highest BCUT2D eigenvalue weighted by molar-refractivity contribution is 6.02. The SMILES string of the molecule is CC(Cc1nncn1C)c1cccc(NC(=O)N2CCc3cccnc32)c1. The molecule has 2 amide bonds. The van der Waals surface area contributed by atoms with Crippen molar-refractivity contribution < 1.29 is 4.79 Å². The van der Waals surface area contributed by atoms with Gasteiger partial charge >= 0.3 is 6.03 Å². The molecular weight excluding hydrogens is 340 g/mol. The van der Waals surface area contributed by atoms with E-state index in [4.69, 9.17) is 0 Å². The fourth-order valence-electron chi connectivity index (χ4n) is 3.40. The van der Waals surface area contributed by atoms with Gasteiger partial charge in [0.25, 0.3) is 0 Å². The lowest BCUT2D eigenvalue weighted by molar-refractivity contribution is 0.257. The average Bonchev–Trinajstić information content (AvgIpc) is 3.28. The van der Waals surface area contributed by atoms with E-state index in [-0.39, 0.29) is 11.9 Å². The number of aryl methyl sites for hydroxylation is 1. The molecular formula is C20H22N6O. The maximum atomic E-state index is 12.7. The van der Waals surface area contributed by atoms with Crippen LogP contribution in [-0.4, -0.2) is 32.3 Å². The van der Waals surface area contributed by atoms with Crippen molar-refractivity contribution >= 4 is 17.5 Å². The summed E-state index contributed by atoms with van der Waals surface area (Å²) in [6.07, 6.45) is 5.06. The molecule has 1 aliphatic heterocycles. The van der Waals surface area contributed by atoms with Crippen molar-refractivity contribution in [3.63, 3.8) is 0 Å². The lowest BCUT2D eigenvalue weighted by Gasteiger charge is -2.18. The molecule has 0 fully saturated rings. The normalized spacial score (nSPS) is 14.1. The van der Waals surface area contributed by atoms with Crippen LogP contribution in [0.3, 0.4) is 0 Å². The molecule has 138 valence electrons. The summed E-state index contributed by atoms with van der Waals surface area (Å²) in [4.78, 5) is 18.8. The smallest absolute Gasteiger partial charge is 0.321 e. The summed E-state index contributed by atoms with van der Waals surface area (Å²) in [6.45, 7) is 2.80. The van der Waals surface area contributed by atoms with Gasteiger partial charge in [0.2, 0.25) is 0 Å². The molecule has 1 N–H and O–H groups in total. The van der Waals surface area contributed by atoms with Gasteiger partial charge in [-0.3, -0.25) is 4.90 Å². The van der Waals surface area contributed by atoms with Gasteiger partial charge in [-0.15, -0.1) is 10.2 Å². The third kappa shape index (κ3) is 3.53. The Balaban J connectivity index is 1.47. The molecule has 0 aliphatic carbocycles. The van der Waals surface area contributed by atoms with Gasteiger partial charge in [0.1, 0.15) is 18.0 Å². The first-order chi connectivity index (χ1) is 13.1. The molecule has 1 unspecified atom stereocenters. The molecule has 3 aromatic rings. The van der Waals surface area contributed by atoms with E-state index in [0.717, 1.165) is 41.3 Å². The van der Waals surface area contributed by atoms with Gasteiger partial charge in [-0.1, -0.05) is 25.1 Å². The van der Waals surface area contributed by atoms with Crippen LogP contribution >= 0.6 is 0 Å². The van der Waals surface area contributed by atoms with Crippen molar-refractivity contribution in [2.75, 3.05) is 16.8 Å². The summed E-state index contributed by atoms with van der Waals surface area (Å²) < 4.78 is 1.93. The number of benzene rings is 1. The average molecular weight is 362 g/mol. The van der Waals surface area contributed by atoms with E-state index in [9.17, 15) is 4.79 Å². The molecule has 2 aromatic heterocycles. The first-order valence-electron chi connectivity index (χ1n) is 9.07. The van der Waals surface area contributed by atoms with Gasteiger partial charge in [0.05, 0.1) is 0 Å². The predicted molar refractivity (Wildman–Crippen MR) is 104 cm³/mol. The Morgan fingerprint density at radius 3 is 3.00 bits per heavy atom. The van der Waals surface area contributed by atoms with Gasteiger partial charge in [-0.25, -0.2) is 9.78 Å². The molecule has 0 saturated heterocycles. The first-order valence-corrected chi connectivity index (χ1v) is 9.07. The van der Waals surface area contributed by atoms with Gasteiger partial charge in [-0.2, -0.15) is 0 Å². The maximum absolute atomic E-state index is 12.7. The summed E-state index contributed by atoms with van der Waals surface area (Å²) in [5.41, 5.74) is 3.04. The number of urea groups is 1. The standard InChI is InChI=1S/C20H22N6O/c1-14(11-18-24-22-13-25(18)2)16-5-3-7-17(12-16)23-20(27)26-10-8-15-6-4-9-21-19(15)26/h3-7,9,12-14H,8,10-11H2,1-2H3,(H,23,27). The van der Waals surface area contributed by atoms with E-state index >= 15 is 0 Å². The minimum Gasteiger partial charge on any atom is -0.321 e. The van der Waals surface area contributed by atoms with E-state index in [1.165, 1.54) is 0 Å². The summed E-state index contributed by atoms with van der Waals surface area (Å²) >= 11 is 0. The van der Waals surface area contributed by atoms with E-state index < -0.39 is 0 Å². The van der Waals surface area contributed by atoms with Gasteiger partial charge < -0.3 is 9.88 Å². The second-order valence-electron chi connectivity index (χ2n) is 6.91. The van der Waals surface area contributed by atoms with Gasteiger partial charge in [-0.05, 0) is 41.7 Å². The molecule has 27 heavy (non-hydrogen) atoms. The number of amides is 2. The second kappa shape index (κ2) is 7.19. The van der Waals surface area contributed by atoms with E-state index in [1.54, 1.807) is 17.4 Å². The number of nitrogens with zero attached hydrogens (tertiary/aromatic N) is 5. The van der Waals surface area contributed by atoms with Crippen molar-refractivity contribution in [3.05, 3.63) is 65.9 Å². The molecule has 0 radical (unpaired) electrons. The summed E-state index contributed by atoms with van der Waals surface area (Å²) in [5, 5.41) is 11.1. The fraction of sp³-hybridized carbons (Fsp3) is 0.300. The second-order valence-corrected chi connectivity index (χ2v) is 6.91. The summed E-state index contributed by atoms with van der Waals surface area (Å²) in [7, 11) is 1.95. The third-order valence-corrected chi connectivity index (χ3v) is 4.97. The number of aromatic nitrogens is 4. The molecule has 1 aromatic carbocycles. The Morgan fingerprint density at radius 2 is 2.19 bits per heavy atom. The molecule has 0 saturated carbocycles. The molecule has 4 rings (SSSR count). The number of hydrogen-bond donors (Lipinski definition) is 1. The lowest BCUT2D eigenvalue weighted by atomic mass is 9.97. The number of pyridine rings is 1. The van der Waals surface area contributed by atoms with E-state index in [1.807, 2.05) is 41.9 Å². The van der Waals surface area contributed by atoms with Crippen molar-refractivity contribution in [3.8, 4) is 0 Å². The van der Waals surface area contributed by atoms with Crippen molar-refractivity contribution in [2.24, 2.45) is 7.05 Å². The number of rotatable bonds is 4. The van der Waals surface area contributed by atoms with Crippen LogP contribution in [0.2, 0.25) is 0 Å². The largest absolute Gasteiger partial charge is 0.327 e. The highest BCUT2D eigenvalue weighted by Gasteiger charge is 2.25. The Bertz CT molecular complexity index is 966. The quantitative estimate of drug-likeness (QED) is 0.773. The number of hydrogen-bond acceptors (Lipinski definition) is 4. The Kier molecular flexibility index (Phi) is 4.58. The van der Waals surface area contributed by atoms with Crippen LogP contribution in [0.4, 0.5) is 16.3 Å². The van der Waals surface area contributed by atoms with Crippen LogP contribution in [0.5, 0.6) is 0 Å². The third-order valence-electron chi connectivity index (χ3n) is 4.97. The first kappa shape index (κ1) is 17.2. The fourth-order valence-corrected chi connectivity index (χ4v) is 3.40. The molecule has 7 heteroatoms. The molecule has 7 nitrogen and oxygen atoms in total. The highest BCUT2D eigenvalue weighted by atomic mass is 16.2. The van der Waals surface area contributed by atoms with Gasteiger partial charge in [0.15, 0.2) is 0 Å². The van der Waals surface area contributed by atoms with Crippen molar-refractivity contribution in [2.45, 2.75) is 25.7 Å². The zero-order chi connectivity index (χ0) is 18.8. The van der Waals surface area contributed by atoms with Crippen LogP contribution in [0.1, 0.15) is 29.8 Å². The van der Waals surface area contributed by atoms with Crippen LogP contribution in [0.25, 0.3) is 0 Å². The van der Waals surface area contributed by atoms with Crippen LogP contribution in [0, 0.1) is 0 Å². The Labute approximate surface area is 158 Å². The van der Waals surface area contributed by atoms with Crippen LogP contribution in [-0.2, 0) is 19.9 Å². The number of fused-ring (bicyclic) bond motifs is 1. The van der Waals surface area contributed by atoms with E-state index in [0.29, 0.717) is 6.54 Å². The minimum absolute atomic E-state index is 0.148. The molecule has 0 spiro atoms. The molecule has 3 heterocycles. The zero-order valence-electron chi connectivity index (χ0n) is 15.5. The number of nitrogens with one attached hydrogen (secondary N) is 1. The Hall–Kier alpha value is -3.22. The zero-order valence-corrected chi connectivity index (χ0v) is 15.5. The predicted octanol–water partition coefficient (Wildman–Crippen LogP) is 3.15. The summed E-state index contributed by atoms with van der Waals surface area (Å²) in [6, 6.07) is 11.7. The molecule has 1 atom stereocenters. The number of anilines is 2. The molecule has 1 aliphatic rings. The Morgan fingerprint density at radius 1 is 1.30 bits per heavy atom. The monoisotopic (exact) mass is 362 g/mol. The summed E-state index contributed by atoms with van der Waals surface area (Å²) in [5.74, 6) is 1.96.